The van der Waals surface area contributed by atoms with Gasteiger partial charge >= 0.3 is 6.18 Å². The van der Waals surface area contributed by atoms with E-state index in [1.165, 1.54) is 6.07 Å². The number of carbonyl (C=O) groups is 1. The van der Waals surface area contributed by atoms with Crippen LogP contribution in [0, 0.1) is 11.6 Å². The number of hydrogen-bond donors (Lipinski definition) is 1. The molecule has 1 N–H and O–H groups in total. The summed E-state index contributed by atoms with van der Waals surface area (Å²) in [5.41, 5.74) is -1.63. The summed E-state index contributed by atoms with van der Waals surface area (Å²) in [5, 5.41) is -0.428. The number of halogens is 7. The van der Waals surface area contributed by atoms with Gasteiger partial charge in [-0.3, -0.25) is 4.79 Å². The van der Waals surface area contributed by atoms with Crippen molar-refractivity contribution in [3.05, 3.63) is 64.2 Å². The van der Waals surface area contributed by atoms with Gasteiger partial charge in [-0.2, -0.15) is 13.2 Å². The van der Waals surface area contributed by atoms with Crippen LogP contribution >= 0.6 is 11.6 Å². The minimum absolute atomic E-state index is 0.0130. The number of benzene rings is 2. The third kappa shape index (κ3) is 5.03. The Balaban J connectivity index is 1.75. The molecule has 1 aliphatic rings. The minimum atomic E-state index is -5.02. The van der Waals surface area contributed by atoms with E-state index in [2.05, 4.69) is 5.32 Å². The lowest BCUT2D eigenvalue weighted by Crippen LogP contribution is -2.45. The van der Waals surface area contributed by atoms with E-state index in [0.29, 0.717) is 6.07 Å². The van der Waals surface area contributed by atoms with E-state index in [1.54, 1.807) is 0 Å². The summed E-state index contributed by atoms with van der Waals surface area (Å²) in [6.07, 6.45) is -6.61. The SMILES string of the molecule is O=C(N[C@H]1CC[C@@](F)(S(=O)(=O)c2cc(F)cc(C(F)(F)F)c2)CC1)c1cc(F)cc(Cl)c1. The molecular weight excluding hydrogens is 484 g/mol. The molecule has 0 saturated heterocycles. The zero-order chi connectivity index (χ0) is 23.9. The Bertz CT molecular complexity index is 1120. The van der Waals surface area contributed by atoms with Crippen LogP contribution in [0.5, 0.6) is 0 Å². The zero-order valence-corrected chi connectivity index (χ0v) is 17.7. The van der Waals surface area contributed by atoms with Crippen LogP contribution in [0.4, 0.5) is 26.3 Å². The molecule has 0 aromatic heterocycles. The molecule has 1 fully saturated rings. The zero-order valence-electron chi connectivity index (χ0n) is 16.1. The molecule has 174 valence electrons. The van der Waals surface area contributed by atoms with Crippen LogP contribution < -0.4 is 5.32 Å². The van der Waals surface area contributed by atoms with Crippen molar-refractivity contribution in [2.45, 2.75) is 47.8 Å². The Morgan fingerprint density at radius 1 is 1.00 bits per heavy atom. The first-order chi connectivity index (χ1) is 14.7. The standard InChI is InChI=1S/C20H16ClF6NO3S/c21-13-5-11(6-14(22)9-13)18(29)28-16-1-3-19(24,4-2-16)32(30,31)17-8-12(20(25,26)27)7-15(23)10-17/h5-10,16H,1-4H2,(H,28,29)/t16-,19+. The van der Waals surface area contributed by atoms with E-state index in [4.69, 9.17) is 11.6 Å². The van der Waals surface area contributed by atoms with Gasteiger partial charge in [0.15, 0.2) is 0 Å². The lowest BCUT2D eigenvalue weighted by molar-refractivity contribution is -0.137. The van der Waals surface area contributed by atoms with Crippen molar-refractivity contribution in [2.75, 3.05) is 0 Å². The fourth-order valence-corrected chi connectivity index (χ4v) is 5.48. The molecule has 0 aliphatic heterocycles. The number of amides is 1. The fourth-order valence-electron chi connectivity index (χ4n) is 3.51. The molecule has 0 radical (unpaired) electrons. The van der Waals surface area contributed by atoms with Crippen molar-refractivity contribution >= 4 is 27.3 Å². The molecule has 1 saturated carbocycles. The number of sulfone groups is 1. The number of rotatable bonds is 4. The predicted octanol–water partition coefficient (Wildman–Crippen LogP) is 5.45. The van der Waals surface area contributed by atoms with Crippen LogP contribution in [0.1, 0.15) is 41.6 Å². The van der Waals surface area contributed by atoms with Crippen molar-refractivity contribution < 1.29 is 39.6 Å². The maximum atomic E-state index is 15.4. The largest absolute Gasteiger partial charge is 0.416 e. The van der Waals surface area contributed by atoms with Crippen molar-refractivity contribution in [1.82, 2.24) is 5.32 Å². The third-order valence-corrected chi connectivity index (χ3v) is 7.63. The second-order valence-electron chi connectivity index (χ2n) is 7.47. The number of carbonyl (C=O) groups excluding carboxylic acids is 1. The first kappa shape index (κ1) is 24.4. The van der Waals surface area contributed by atoms with Crippen molar-refractivity contribution in [3.63, 3.8) is 0 Å². The average molecular weight is 500 g/mol. The van der Waals surface area contributed by atoms with E-state index >= 15 is 4.39 Å². The second-order valence-corrected chi connectivity index (χ2v) is 10.1. The summed E-state index contributed by atoms with van der Waals surface area (Å²) in [6.45, 7) is 0. The molecule has 0 spiro atoms. The number of alkyl halides is 4. The molecule has 32 heavy (non-hydrogen) atoms. The molecule has 3 rings (SSSR count). The lowest BCUT2D eigenvalue weighted by Gasteiger charge is -2.34. The van der Waals surface area contributed by atoms with E-state index < -0.39 is 67.9 Å². The maximum Gasteiger partial charge on any atom is 0.416 e. The monoisotopic (exact) mass is 499 g/mol. The van der Waals surface area contributed by atoms with Crippen LogP contribution in [0.2, 0.25) is 5.02 Å². The summed E-state index contributed by atoms with van der Waals surface area (Å²) in [7, 11) is -4.97. The van der Waals surface area contributed by atoms with Gasteiger partial charge < -0.3 is 5.32 Å². The van der Waals surface area contributed by atoms with Crippen molar-refractivity contribution in [3.8, 4) is 0 Å². The fraction of sp³-hybridized carbons (Fsp3) is 0.350. The summed E-state index contributed by atoms with van der Waals surface area (Å²) < 4.78 is 107. The summed E-state index contributed by atoms with van der Waals surface area (Å²) >= 11 is 5.70. The quantitative estimate of drug-likeness (QED) is 0.569. The van der Waals surface area contributed by atoms with Gasteiger partial charge in [-0.1, -0.05) is 11.6 Å². The highest BCUT2D eigenvalue weighted by Gasteiger charge is 2.48. The maximum absolute atomic E-state index is 15.4. The second kappa shape index (κ2) is 8.58. The average Bonchev–Trinajstić information content (AvgIpc) is 2.67. The Labute approximate surface area is 184 Å². The molecule has 1 aliphatic carbocycles. The molecule has 4 nitrogen and oxygen atoms in total. The van der Waals surface area contributed by atoms with Crippen LogP contribution in [0.15, 0.2) is 41.3 Å². The van der Waals surface area contributed by atoms with Gasteiger partial charge in [0.25, 0.3) is 5.91 Å². The van der Waals surface area contributed by atoms with Crippen molar-refractivity contribution in [2.24, 2.45) is 0 Å². The van der Waals surface area contributed by atoms with Gasteiger partial charge in [-0.25, -0.2) is 21.6 Å². The summed E-state index contributed by atoms with van der Waals surface area (Å²) in [5.74, 6) is -2.91. The van der Waals surface area contributed by atoms with Crippen LogP contribution in [0.25, 0.3) is 0 Å². The smallest absolute Gasteiger partial charge is 0.349 e. The normalized spacial score (nSPS) is 21.9. The van der Waals surface area contributed by atoms with Crippen LogP contribution in [0.3, 0.4) is 0 Å². The van der Waals surface area contributed by atoms with Crippen LogP contribution in [-0.4, -0.2) is 25.4 Å². The molecule has 2 aromatic rings. The first-order valence-corrected chi connectivity index (χ1v) is 11.2. The van der Waals surface area contributed by atoms with Gasteiger partial charge in [0.05, 0.1) is 10.5 Å². The Hall–Kier alpha value is -2.27. The highest BCUT2D eigenvalue weighted by molar-refractivity contribution is 7.92. The highest BCUT2D eigenvalue weighted by Crippen LogP contribution is 2.42. The van der Waals surface area contributed by atoms with Gasteiger partial charge in [-0.15, -0.1) is 0 Å². The number of nitrogens with one attached hydrogen (secondary N) is 1. The Morgan fingerprint density at radius 3 is 2.16 bits per heavy atom. The Kier molecular flexibility index (Phi) is 6.54. The molecule has 12 heteroatoms. The van der Waals surface area contributed by atoms with Crippen molar-refractivity contribution in [1.29, 1.82) is 0 Å². The van der Waals surface area contributed by atoms with E-state index in [1.807, 2.05) is 0 Å². The molecule has 2 aromatic carbocycles. The molecule has 0 heterocycles. The highest BCUT2D eigenvalue weighted by atomic mass is 35.5. The van der Waals surface area contributed by atoms with Gasteiger partial charge in [0, 0.05) is 16.6 Å². The molecule has 0 atom stereocenters. The van der Waals surface area contributed by atoms with E-state index in [9.17, 15) is 35.2 Å². The van der Waals surface area contributed by atoms with Gasteiger partial charge in [-0.05, 0) is 62.1 Å². The topological polar surface area (TPSA) is 63.2 Å². The first-order valence-electron chi connectivity index (χ1n) is 9.29. The summed E-state index contributed by atoms with van der Waals surface area (Å²) in [4.78, 5) is 11.2. The molecule has 0 bridgehead atoms. The predicted molar refractivity (Wildman–Crippen MR) is 104 cm³/mol. The van der Waals surface area contributed by atoms with Gasteiger partial charge in [0.2, 0.25) is 14.8 Å². The minimum Gasteiger partial charge on any atom is -0.349 e. The lowest BCUT2D eigenvalue weighted by atomic mass is 9.93. The number of hydrogen-bond acceptors (Lipinski definition) is 3. The Morgan fingerprint density at radius 2 is 1.59 bits per heavy atom. The molecule has 0 unspecified atom stereocenters. The summed E-state index contributed by atoms with van der Waals surface area (Å²) in [6, 6.07) is 3.15. The molecule has 1 amide bonds. The van der Waals surface area contributed by atoms with E-state index in [-0.39, 0.29) is 35.6 Å². The van der Waals surface area contributed by atoms with Gasteiger partial charge in [0.1, 0.15) is 11.6 Å². The third-order valence-electron chi connectivity index (χ3n) is 5.18. The van der Waals surface area contributed by atoms with Crippen LogP contribution in [-0.2, 0) is 16.0 Å². The van der Waals surface area contributed by atoms with E-state index in [0.717, 1.165) is 12.1 Å². The molecular formula is C20H16ClF6NO3S.